The van der Waals surface area contributed by atoms with Crippen LogP contribution in [-0.2, 0) is 19.1 Å². The molecule has 0 spiro atoms. The minimum absolute atomic E-state index is 0.103. The fraction of sp³-hybridized carbons (Fsp3) is 0.526. The maximum atomic E-state index is 12.1. The molecule has 0 radical (unpaired) electrons. The maximum absolute atomic E-state index is 12.1. The van der Waals surface area contributed by atoms with Crippen LogP contribution in [0, 0.1) is 13.8 Å². The van der Waals surface area contributed by atoms with Crippen LogP contribution in [0.15, 0.2) is 18.2 Å². The third-order valence-corrected chi connectivity index (χ3v) is 4.76. The smallest absolute Gasteiger partial charge is 0.325 e. The summed E-state index contributed by atoms with van der Waals surface area (Å²) in [5, 5.41) is 8.04. The van der Waals surface area contributed by atoms with Crippen molar-refractivity contribution >= 4 is 23.6 Å². The molecular weight excluding hydrogens is 350 g/mol. The van der Waals surface area contributed by atoms with Crippen LogP contribution in [0.25, 0.3) is 0 Å². The second-order valence-electron chi connectivity index (χ2n) is 6.79. The van der Waals surface area contributed by atoms with E-state index in [4.69, 9.17) is 9.47 Å². The summed E-state index contributed by atoms with van der Waals surface area (Å²) in [5.41, 5.74) is 1.97. The predicted octanol–water partition coefficient (Wildman–Crippen LogP) is 1.65. The average molecular weight is 377 g/mol. The normalized spacial score (nSPS) is 19.2. The lowest BCUT2D eigenvalue weighted by atomic mass is 9.88. The highest BCUT2D eigenvalue weighted by Gasteiger charge is 2.35. The van der Waals surface area contributed by atoms with Crippen molar-refractivity contribution in [1.82, 2.24) is 10.6 Å². The molecule has 148 valence electrons. The summed E-state index contributed by atoms with van der Waals surface area (Å²) in [6.45, 7) is 4.66. The zero-order chi connectivity index (χ0) is 19.9. The zero-order valence-corrected chi connectivity index (χ0v) is 16.0. The minimum Gasteiger partial charge on any atom is -0.469 e. The molecule has 1 heterocycles. The Morgan fingerprint density at radius 2 is 2.04 bits per heavy atom. The average Bonchev–Trinajstić information content (AvgIpc) is 2.64. The van der Waals surface area contributed by atoms with Gasteiger partial charge in [-0.25, -0.2) is 4.79 Å². The number of esters is 1. The number of rotatable bonds is 6. The molecule has 8 heteroatoms. The predicted molar refractivity (Wildman–Crippen MR) is 100 cm³/mol. The molecule has 1 aromatic carbocycles. The maximum Gasteiger partial charge on any atom is 0.325 e. The SMILES string of the molecule is COC(=O)CC1(NCC(=O)NC(=O)Nc2cccc(C)c2C)CCCOC1. The molecule has 0 saturated carbocycles. The van der Waals surface area contributed by atoms with E-state index in [9.17, 15) is 14.4 Å². The lowest BCUT2D eigenvalue weighted by Gasteiger charge is -2.37. The first kappa shape index (κ1) is 20.9. The molecule has 0 bridgehead atoms. The van der Waals surface area contributed by atoms with Crippen LogP contribution in [0.2, 0.25) is 0 Å². The zero-order valence-electron chi connectivity index (χ0n) is 16.0. The van der Waals surface area contributed by atoms with Crippen LogP contribution in [-0.4, -0.2) is 50.3 Å². The van der Waals surface area contributed by atoms with Gasteiger partial charge in [0.1, 0.15) is 0 Å². The summed E-state index contributed by atoms with van der Waals surface area (Å²) in [5.74, 6) is -0.867. The van der Waals surface area contributed by atoms with Crippen molar-refractivity contribution in [2.24, 2.45) is 0 Å². The van der Waals surface area contributed by atoms with E-state index in [0.717, 1.165) is 17.5 Å². The first-order valence-corrected chi connectivity index (χ1v) is 8.92. The Kier molecular flexibility index (Phi) is 7.32. The molecular formula is C19H27N3O5. The van der Waals surface area contributed by atoms with E-state index in [2.05, 4.69) is 16.0 Å². The van der Waals surface area contributed by atoms with E-state index in [0.29, 0.717) is 25.3 Å². The van der Waals surface area contributed by atoms with Gasteiger partial charge in [0.2, 0.25) is 5.91 Å². The topological polar surface area (TPSA) is 106 Å². The van der Waals surface area contributed by atoms with Crippen LogP contribution in [0.3, 0.4) is 0 Å². The van der Waals surface area contributed by atoms with Crippen molar-refractivity contribution in [3.63, 3.8) is 0 Å². The van der Waals surface area contributed by atoms with Crippen LogP contribution >= 0.6 is 0 Å². The molecule has 1 saturated heterocycles. The highest BCUT2D eigenvalue weighted by Crippen LogP contribution is 2.23. The summed E-state index contributed by atoms with van der Waals surface area (Å²) in [4.78, 5) is 35.9. The molecule has 1 aliphatic rings. The number of anilines is 1. The van der Waals surface area contributed by atoms with Crippen molar-refractivity contribution < 1.29 is 23.9 Å². The van der Waals surface area contributed by atoms with E-state index in [1.165, 1.54) is 7.11 Å². The standard InChI is InChI=1S/C19H27N3O5/c1-13-6-4-7-15(14(13)2)21-18(25)22-16(23)11-20-19(10-17(24)26-3)8-5-9-27-12-19/h4,6-7,20H,5,8-12H2,1-3H3,(H2,21,22,23,25). The van der Waals surface area contributed by atoms with E-state index in [-0.39, 0.29) is 18.9 Å². The lowest BCUT2D eigenvalue weighted by Crippen LogP contribution is -2.56. The Labute approximate surface area is 159 Å². The Morgan fingerprint density at radius 3 is 2.70 bits per heavy atom. The molecule has 3 N–H and O–H groups in total. The van der Waals surface area contributed by atoms with Gasteiger partial charge in [0.25, 0.3) is 0 Å². The van der Waals surface area contributed by atoms with Crippen molar-refractivity contribution in [2.45, 2.75) is 38.6 Å². The van der Waals surface area contributed by atoms with Crippen molar-refractivity contribution in [3.05, 3.63) is 29.3 Å². The molecule has 1 atom stereocenters. The lowest BCUT2D eigenvalue weighted by molar-refractivity contribution is -0.144. The number of carbonyl (C=O) groups excluding carboxylic acids is 3. The third-order valence-electron chi connectivity index (χ3n) is 4.76. The number of benzene rings is 1. The van der Waals surface area contributed by atoms with E-state index in [1.54, 1.807) is 6.07 Å². The third kappa shape index (κ3) is 6.04. The number of hydrogen-bond acceptors (Lipinski definition) is 6. The summed E-state index contributed by atoms with van der Waals surface area (Å²) in [6.07, 6.45) is 1.56. The molecule has 3 amide bonds. The minimum atomic E-state index is -0.660. The molecule has 0 aromatic heterocycles. The van der Waals surface area contributed by atoms with Gasteiger partial charge in [-0.3, -0.25) is 14.9 Å². The number of urea groups is 1. The second kappa shape index (κ2) is 9.48. The number of ether oxygens (including phenoxy) is 2. The monoisotopic (exact) mass is 377 g/mol. The van der Waals surface area contributed by atoms with Crippen LogP contribution < -0.4 is 16.0 Å². The van der Waals surface area contributed by atoms with E-state index < -0.39 is 17.5 Å². The molecule has 8 nitrogen and oxygen atoms in total. The highest BCUT2D eigenvalue weighted by atomic mass is 16.5. The molecule has 1 unspecified atom stereocenters. The van der Waals surface area contributed by atoms with Gasteiger partial charge >= 0.3 is 12.0 Å². The number of amides is 3. The Morgan fingerprint density at radius 1 is 1.26 bits per heavy atom. The van der Waals surface area contributed by atoms with Gasteiger partial charge in [0, 0.05) is 12.3 Å². The van der Waals surface area contributed by atoms with Crippen LogP contribution in [0.4, 0.5) is 10.5 Å². The van der Waals surface area contributed by atoms with Crippen molar-refractivity contribution in [3.8, 4) is 0 Å². The quantitative estimate of drug-likeness (QED) is 0.651. The molecule has 1 aromatic rings. The van der Waals surface area contributed by atoms with Gasteiger partial charge in [-0.2, -0.15) is 0 Å². The molecule has 1 aliphatic heterocycles. The summed E-state index contributed by atoms with van der Waals surface area (Å²) < 4.78 is 10.2. The fourth-order valence-electron chi connectivity index (χ4n) is 3.02. The van der Waals surface area contributed by atoms with E-state index in [1.807, 2.05) is 26.0 Å². The van der Waals surface area contributed by atoms with Gasteiger partial charge in [-0.1, -0.05) is 12.1 Å². The molecule has 1 fully saturated rings. The first-order valence-electron chi connectivity index (χ1n) is 8.92. The summed E-state index contributed by atoms with van der Waals surface area (Å²) in [7, 11) is 1.32. The number of carbonyl (C=O) groups is 3. The largest absolute Gasteiger partial charge is 0.469 e. The van der Waals surface area contributed by atoms with E-state index >= 15 is 0 Å². The van der Waals surface area contributed by atoms with Gasteiger partial charge in [0.05, 0.1) is 32.2 Å². The Balaban J connectivity index is 1.88. The van der Waals surface area contributed by atoms with Crippen molar-refractivity contribution in [2.75, 3.05) is 32.2 Å². The number of hydrogen-bond donors (Lipinski definition) is 3. The van der Waals surface area contributed by atoms with Crippen LogP contribution in [0.1, 0.15) is 30.4 Å². The molecule has 0 aliphatic carbocycles. The Hall–Kier alpha value is -2.45. The number of imide groups is 1. The number of nitrogens with one attached hydrogen (secondary N) is 3. The van der Waals surface area contributed by atoms with Crippen LogP contribution in [0.5, 0.6) is 0 Å². The van der Waals surface area contributed by atoms with Gasteiger partial charge in [-0.15, -0.1) is 0 Å². The number of aryl methyl sites for hydroxylation is 1. The number of methoxy groups -OCH3 is 1. The summed E-state index contributed by atoms with van der Waals surface area (Å²) in [6, 6.07) is 4.95. The summed E-state index contributed by atoms with van der Waals surface area (Å²) >= 11 is 0. The van der Waals surface area contributed by atoms with Gasteiger partial charge in [0.15, 0.2) is 0 Å². The van der Waals surface area contributed by atoms with Gasteiger partial charge in [-0.05, 0) is 43.9 Å². The molecule has 27 heavy (non-hydrogen) atoms. The highest BCUT2D eigenvalue weighted by molar-refractivity contribution is 6.02. The van der Waals surface area contributed by atoms with Crippen molar-refractivity contribution in [1.29, 1.82) is 0 Å². The first-order chi connectivity index (χ1) is 12.8. The molecule has 2 rings (SSSR count). The van der Waals surface area contributed by atoms with Gasteiger partial charge < -0.3 is 20.1 Å². The fourth-order valence-corrected chi connectivity index (χ4v) is 3.02. The Bertz CT molecular complexity index is 699. The second-order valence-corrected chi connectivity index (χ2v) is 6.79.